The Morgan fingerprint density at radius 3 is 1.94 bits per heavy atom. The van der Waals surface area contributed by atoms with Gasteiger partial charge < -0.3 is 0 Å². The van der Waals surface area contributed by atoms with Crippen molar-refractivity contribution in [2.75, 3.05) is 4.90 Å². The maximum atomic E-state index is 13.8. The Bertz CT molecular complexity index is 1250. The summed E-state index contributed by atoms with van der Waals surface area (Å²) in [6.45, 7) is 1.51. The van der Waals surface area contributed by atoms with E-state index in [0.717, 1.165) is 27.2 Å². The lowest BCUT2D eigenvalue weighted by Crippen LogP contribution is -2.57. The molecule has 1 fully saturated rings. The van der Waals surface area contributed by atoms with Gasteiger partial charge in [0.15, 0.2) is 0 Å². The number of imide groups is 1. The molecule has 1 heterocycles. The summed E-state index contributed by atoms with van der Waals surface area (Å²) in [6.07, 6.45) is 0. The highest BCUT2D eigenvalue weighted by Gasteiger charge is 2.69. The Morgan fingerprint density at radius 2 is 1.39 bits per heavy atom. The second kappa shape index (κ2) is 5.97. The predicted molar refractivity (Wildman–Crippen MR) is 112 cm³/mol. The van der Waals surface area contributed by atoms with Crippen molar-refractivity contribution >= 4 is 23.3 Å². The first kappa shape index (κ1) is 18.2. The molecule has 0 unspecified atom stereocenters. The Labute approximate surface area is 178 Å². The van der Waals surface area contributed by atoms with Crippen LogP contribution in [0.5, 0.6) is 0 Å². The molecule has 4 aliphatic rings. The molecule has 0 saturated carbocycles. The minimum absolute atomic E-state index is 0.150. The summed E-state index contributed by atoms with van der Waals surface area (Å²) < 4.78 is 13.5. The normalized spacial score (nSPS) is 27.7. The van der Waals surface area contributed by atoms with Gasteiger partial charge in [0.1, 0.15) is 11.6 Å². The number of ketones is 1. The molecule has 3 aromatic carbocycles. The molecule has 1 aliphatic heterocycles. The lowest BCUT2D eigenvalue weighted by Gasteiger charge is -2.52. The smallest absolute Gasteiger partial charge is 0.239 e. The van der Waals surface area contributed by atoms with E-state index in [1.165, 1.54) is 31.2 Å². The standard InChI is InChI=1S/C26H18FNO3/c1-14(29)26-19-8-4-2-6-17(19)21(18-7-3-5-9-20(18)26)22-23(26)25(31)28(24(22)30)16-12-10-15(27)11-13-16/h2-13,21-23H,1H3/t21?,22-,23-,26?/m0/s1. The van der Waals surface area contributed by atoms with Gasteiger partial charge in [0.2, 0.25) is 11.8 Å². The van der Waals surface area contributed by atoms with Gasteiger partial charge in [-0.1, -0.05) is 48.5 Å². The molecule has 0 radical (unpaired) electrons. The molecule has 152 valence electrons. The third kappa shape index (κ3) is 2.01. The van der Waals surface area contributed by atoms with E-state index in [0.29, 0.717) is 5.69 Å². The molecule has 2 bridgehead atoms. The first-order chi connectivity index (χ1) is 15.0. The molecule has 0 N–H and O–H groups in total. The van der Waals surface area contributed by atoms with Crippen LogP contribution in [0.3, 0.4) is 0 Å². The Balaban J connectivity index is 1.67. The highest BCUT2D eigenvalue weighted by atomic mass is 19.1. The fourth-order valence-electron chi connectivity index (χ4n) is 6.21. The molecular weight excluding hydrogens is 393 g/mol. The summed E-state index contributed by atoms with van der Waals surface area (Å²) in [7, 11) is 0. The van der Waals surface area contributed by atoms with E-state index in [9.17, 15) is 18.8 Å². The predicted octanol–water partition coefficient (Wildman–Crippen LogP) is 3.97. The highest BCUT2D eigenvalue weighted by molar-refractivity contribution is 6.25. The van der Waals surface area contributed by atoms with Crippen molar-refractivity contribution < 1.29 is 18.8 Å². The topological polar surface area (TPSA) is 54.5 Å². The number of hydrogen-bond donors (Lipinski definition) is 0. The number of amides is 2. The molecule has 4 nitrogen and oxygen atoms in total. The third-order valence-electron chi connectivity index (χ3n) is 7.26. The van der Waals surface area contributed by atoms with Gasteiger partial charge in [0.25, 0.3) is 0 Å². The Hall–Kier alpha value is -3.60. The zero-order valence-electron chi connectivity index (χ0n) is 16.7. The summed E-state index contributed by atoms with van der Waals surface area (Å²) >= 11 is 0. The second-order valence-electron chi connectivity index (χ2n) is 8.51. The SMILES string of the molecule is CC(=O)C12c3ccccc3C(c3ccccc31)[C@@H]1C(=O)N(c3ccc(F)cc3)C(=O)[C@H]12. The van der Waals surface area contributed by atoms with E-state index in [1.54, 1.807) is 0 Å². The van der Waals surface area contributed by atoms with Crippen molar-refractivity contribution in [2.45, 2.75) is 18.3 Å². The minimum atomic E-state index is -1.21. The fraction of sp³-hybridized carbons (Fsp3) is 0.192. The van der Waals surface area contributed by atoms with Crippen LogP contribution >= 0.6 is 0 Å². The van der Waals surface area contributed by atoms with Gasteiger partial charge in [-0.2, -0.15) is 0 Å². The summed E-state index contributed by atoms with van der Waals surface area (Å²) in [5, 5.41) is 0. The van der Waals surface area contributed by atoms with Crippen LogP contribution in [-0.2, 0) is 19.8 Å². The zero-order valence-corrected chi connectivity index (χ0v) is 16.7. The monoisotopic (exact) mass is 411 g/mol. The van der Waals surface area contributed by atoms with Gasteiger partial charge in [-0.25, -0.2) is 9.29 Å². The molecule has 1 saturated heterocycles. The van der Waals surface area contributed by atoms with Crippen LogP contribution in [0.15, 0.2) is 72.8 Å². The van der Waals surface area contributed by atoms with E-state index < -0.39 is 29.0 Å². The Morgan fingerprint density at radius 1 is 0.839 bits per heavy atom. The van der Waals surface area contributed by atoms with Crippen molar-refractivity contribution in [3.63, 3.8) is 0 Å². The van der Waals surface area contributed by atoms with Crippen LogP contribution in [0.2, 0.25) is 0 Å². The van der Waals surface area contributed by atoms with E-state index in [2.05, 4.69) is 0 Å². The molecule has 0 aromatic heterocycles. The van der Waals surface area contributed by atoms with Gasteiger partial charge in [0, 0.05) is 5.92 Å². The molecule has 0 spiro atoms. The molecule has 2 atom stereocenters. The fourth-order valence-corrected chi connectivity index (χ4v) is 6.21. The molecule has 2 amide bonds. The van der Waals surface area contributed by atoms with Crippen LogP contribution < -0.4 is 4.90 Å². The highest BCUT2D eigenvalue weighted by Crippen LogP contribution is 2.64. The van der Waals surface area contributed by atoms with E-state index in [-0.39, 0.29) is 17.6 Å². The average Bonchev–Trinajstić information content (AvgIpc) is 3.05. The summed E-state index contributed by atoms with van der Waals surface area (Å²) in [5.41, 5.74) is 2.61. The average molecular weight is 411 g/mol. The molecule has 3 aromatic rings. The molecular formula is C26H18FNO3. The lowest BCUT2D eigenvalue weighted by atomic mass is 9.46. The number of Topliss-reactive ketones (excluding diaryl/α,β-unsaturated/α-hetero) is 1. The summed E-state index contributed by atoms with van der Waals surface area (Å²) in [6, 6.07) is 20.6. The summed E-state index contributed by atoms with van der Waals surface area (Å²) in [4.78, 5) is 42.1. The van der Waals surface area contributed by atoms with Crippen LogP contribution in [0.4, 0.5) is 10.1 Å². The van der Waals surface area contributed by atoms with Gasteiger partial charge in [-0.05, 0) is 53.4 Å². The van der Waals surface area contributed by atoms with Gasteiger partial charge >= 0.3 is 0 Å². The van der Waals surface area contributed by atoms with Crippen molar-refractivity contribution in [3.8, 4) is 0 Å². The van der Waals surface area contributed by atoms with E-state index >= 15 is 0 Å². The second-order valence-corrected chi connectivity index (χ2v) is 8.51. The first-order valence-electron chi connectivity index (χ1n) is 10.3. The quantitative estimate of drug-likeness (QED) is 0.600. The zero-order chi connectivity index (χ0) is 21.5. The third-order valence-corrected chi connectivity index (χ3v) is 7.26. The minimum Gasteiger partial charge on any atom is -0.299 e. The van der Waals surface area contributed by atoms with E-state index in [4.69, 9.17) is 0 Å². The van der Waals surface area contributed by atoms with Crippen molar-refractivity contribution in [3.05, 3.63) is 101 Å². The lowest BCUT2D eigenvalue weighted by molar-refractivity contribution is -0.132. The number of hydrogen-bond acceptors (Lipinski definition) is 3. The number of benzene rings is 3. The van der Waals surface area contributed by atoms with Gasteiger partial charge in [-0.15, -0.1) is 0 Å². The number of carbonyl (C=O) groups excluding carboxylic acids is 3. The van der Waals surface area contributed by atoms with Crippen LogP contribution in [0.1, 0.15) is 35.1 Å². The molecule has 7 rings (SSSR count). The maximum absolute atomic E-state index is 13.8. The van der Waals surface area contributed by atoms with Crippen molar-refractivity contribution in [1.29, 1.82) is 0 Å². The van der Waals surface area contributed by atoms with Crippen LogP contribution in [0, 0.1) is 17.7 Å². The number of nitrogens with zero attached hydrogens (tertiary/aromatic N) is 1. The van der Waals surface area contributed by atoms with Crippen LogP contribution in [-0.4, -0.2) is 17.6 Å². The number of halogens is 1. The molecule has 5 heteroatoms. The van der Waals surface area contributed by atoms with Gasteiger partial charge in [0.05, 0.1) is 22.9 Å². The van der Waals surface area contributed by atoms with Crippen molar-refractivity contribution in [1.82, 2.24) is 0 Å². The van der Waals surface area contributed by atoms with Crippen LogP contribution in [0.25, 0.3) is 0 Å². The summed E-state index contributed by atoms with van der Waals surface area (Å²) in [5.74, 6) is -3.13. The molecule has 3 aliphatic carbocycles. The number of anilines is 1. The first-order valence-corrected chi connectivity index (χ1v) is 10.3. The Kier molecular flexibility index (Phi) is 3.51. The van der Waals surface area contributed by atoms with E-state index in [1.807, 2.05) is 48.5 Å². The van der Waals surface area contributed by atoms with Gasteiger partial charge in [-0.3, -0.25) is 14.4 Å². The largest absolute Gasteiger partial charge is 0.299 e. The maximum Gasteiger partial charge on any atom is 0.239 e. The molecule has 31 heavy (non-hydrogen) atoms. The number of rotatable bonds is 2. The van der Waals surface area contributed by atoms with Crippen molar-refractivity contribution in [2.24, 2.45) is 11.8 Å². The number of carbonyl (C=O) groups is 3.